The Balaban J connectivity index is 1.35. The molecule has 2 atom stereocenters. The van der Waals surface area contributed by atoms with Crippen LogP contribution in [0.3, 0.4) is 0 Å². The van der Waals surface area contributed by atoms with Crippen LogP contribution < -0.4 is 4.74 Å². The van der Waals surface area contributed by atoms with Gasteiger partial charge in [-0.3, -0.25) is 4.90 Å². The fourth-order valence-corrected chi connectivity index (χ4v) is 3.49. The molecule has 0 amide bonds. The summed E-state index contributed by atoms with van der Waals surface area (Å²) in [7, 11) is 0. The number of hydrogen-bond donors (Lipinski definition) is 1. The molecule has 8 nitrogen and oxygen atoms in total. The molecule has 2 aliphatic heterocycles. The minimum Gasteiger partial charge on any atom is -0.482 e. The molecular weight excluding hydrogens is 324 g/mol. The molecule has 8 heteroatoms. The summed E-state index contributed by atoms with van der Waals surface area (Å²) in [5.74, 6) is -0.408. The number of ether oxygens (including phenoxy) is 2. The fraction of sp³-hybridized carbons (Fsp3) is 0.471. The van der Waals surface area contributed by atoms with Gasteiger partial charge in [-0.25, -0.2) is 9.48 Å². The zero-order valence-corrected chi connectivity index (χ0v) is 13.7. The van der Waals surface area contributed by atoms with Crippen LogP contribution in [0.2, 0.25) is 0 Å². The van der Waals surface area contributed by atoms with Crippen molar-refractivity contribution in [3.63, 3.8) is 0 Å². The van der Waals surface area contributed by atoms with Crippen molar-refractivity contribution >= 4 is 5.97 Å². The van der Waals surface area contributed by atoms with Gasteiger partial charge in [0.25, 0.3) is 0 Å². The monoisotopic (exact) mass is 344 g/mol. The van der Waals surface area contributed by atoms with Gasteiger partial charge in [0, 0.05) is 19.6 Å². The van der Waals surface area contributed by atoms with E-state index in [4.69, 9.17) is 14.6 Å². The Morgan fingerprint density at radius 3 is 3.00 bits per heavy atom. The summed E-state index contributed by atoms with van der Waals surface area (Å²) < 4.78 is 13.2. The molecule has 2 aliphatic rings. The molecular formula is C17H20N4O4. The maximum atomic E-state index is 10.5. The molecule has 1 aromatic carbocycles. The first-order valence-electron chi connectivity index (χ1n) is 8.35. The average molecular weight is 344 g/mol. The van der Waals surface area contributed by atoms with Crippen molar-refractivity contribution in [3.8, 4) is 5.75 Å². The van der Waals surface area contributed by atoms with Gasteiger partial charge in [0.1, 0.15) is 5.75 Å². The van der Waals surface area contributed by atoms with Gasteiger partial charge in [0.05, 0.1) is 30.6 Å². The van der Waals surface area contributed by atoms with Gasteiger partial charge < -0.3 is 14.6 Å². The molecule has 132 valence electrons. The number of fused-ring (bicyclic) bond motifs is 3. The number of carboxylic acid groups (broad SMARTS) is 1. The van der Waals surface area contributed by atoms with E-state index in [0.717, 1.165) is 31.7 Å². The van der Waals surface area contributed by atoms with E-state index in [1.165, 1.54) is 5.56 Å². The molecule has 1 aromatic heterocycles. The summed E-state index contributed by atoms with van der Waals surface area (Å²) >= 11 is 0. The third kappa shape index (κ3) is 3.49. The zero-order chi connectivity index (χ0) is 17.2. The molecule has 2 aromatic rings. The standard InChI is InChI=1S/C17H20N4O4/c22-17(23)11-24-14-3-1-12(2-4-14)8-20-6-5-15-16(9-20)25-10-13-7-18-19-21(13)15/h1-4,7,15-16H,5-6,8-11H2,(H,22,23)/t15-,16-/m0/s1. The summed E-state index contributed by atoms with van der Waals surface area (Å²) in [6, 6.07) is 7.84. The molecule has 1 N–H and O–H groups in total. The Hall–Kier alpha value is -2.45. The molecule has 3 heterocycles. The van der Waals surface area contributed by atoms with Gasteiger partial charge in [-0.2, -0.15) is 0 Å². The third-order valence-electron chi connectivity index (χ3n) is 4.71. The lowest BCUT2D eigenvalue weighted by molar-refractivity contribution is -0.139. The second kappa shape index (κ2) is 6.81. The molecule has 0 aliphatic carbocycles. The van der Waals surface area contributed by atoms with Gasteiger partial charge in [0.15, 0.2) is 6.61 Å². The number of benzene rings is 1. The predicted octanol–water partition coefficient (Wildman–Crippen LogP) is 1.09. The van der Waals surface area contributed by atoms with Gasteiger partial charge in [-0.05, 0) is 24.1 Å². The molecule has 0 unspecified atom stereocenters. The highest BCUT2D eigenvalue weighted by Gasteiger charge is 2.36. The maximum Gasteiger partial charge on any atom is 0.341 e. The molecule has 0 bridgehead atoms. The number of hydrogen-bond acceptors (Lipinski definition) is 6. The van der Waals surface area contributed by atoms with E-state index in [1.807, 2.05) is 28.9 Å². The Morgan fingerprint density at radius 2 is 2.20 bits per heavy atom. The van der Waals surface area contributed by atoms with Gasteiger partial charge >= 0.3 is 5.97 Å². The Morgan fingerprint density at radius 1 is 1.36 bits per heavy atom. The van der Waals surface area contributed by atoms with E-state index in [2.05, 4.69) is 15.2 Å². The smallest absolute Gasteiger partial charge is 0.341 e. The number of aromatic nitrogens is 3. The van der Waals surface area contributed by atoms with Crippen LogP contribution in [0, 0.1) is 0 Å². The normalized spacial score (nSPS) is 22.9. The fourth-order valence-electron chi connectivity index (χ4n) is 3.49. The summed E-state index contributed by atoms with van der Waals surface area (Å²) in [4.78, 5) is 12.9. The van der Waals surface area contributed by atoms with Crippen molar-refractivity contribution in [2.24, 2.45) is 0 Å². The van der Waals surface area contributed by atoms with Crippen LogP contribution in [0.1, 0.15) is 23.7 Å². The topological polar surface area (TPSA) is 89.7 Å². The first-order chi connectivity index (χ1) is 12.2. The van der Waals surface area contributed by atoms with Crippen molar-refractivity contribution in [1.82, 2.24) is 19.9 Å². The number of piperidine rings is 1. The molecule has 0 radical (unpaired) electrons. The third-order valence-corrected chi connectivity index (χ3v) is 4.71. The van der Waals surface area contributed by atoms with E-state index >= 15 is 0 Å². The van der Waals surface area contributed by atoms with Gasteiger partial charge in [-0.15, -0.1) is 5.10 Å². The average Bonchev–Trinajstić information content (AvgIpc) is 3.10. The maximum absolute atomic E-state index is 10.5. The van der Waals surface area contributed by atoms with Gasteiger partial charge in [0.2, 0.25) is 0 Å². The molecule has 0 spiro atoms. The lowest BCUT2D eigenvalue weighted by Crippen LogP contribution is -2.48. The molecule has 4 rings (SSSR count). The highest BCUT2D eigenvalue weighted by Crippen LogP contribution is 2.31. The number of carboxylic acids is 1. The first kappa shape index (κ1) is 16.0. The van der Waals surface area contributed by atoms with E-state index in [9.17, 15) is 4.79 Å². The molecule has 0 saturated carbocycles. The Labute approximate surface area is 144 Å². The van der Waals surface area contributed by atoms with Gasteiger partial charge in [-0.1, -0.05) is 17.3 Å². The lowest BCUT2D eigenvalue weighted by atomic mass is 9.99. The highest BCUT2D eigenvalue weighted by molar-refractivity contribution is 5.68. The number of aliphatic carboxylic acids is 1. The second-order valence-corrected chi connectivity index (χ2v) is 6.44. The van der Waals surface area contributed by atoms with E-state index < -0.39 is 5.97 Å². The minimum atomic E-state index is -0.977. The van der Waals surface area contributed by atoms with E-state index in [-0.39, 0.29) is 18.8 Å². The van der Waals surface area contributed by atoms with E-state index in [1.54, 1.807) is 6.20 Å². The number of likely N-dealkylation sites (tertiary alicyclic amines) is 1. The van der Waals surface area contributed by atoms with Crippen molar-refractivity contribution in [2.75, 3.05) is 19.7 Å². The van der Waals surface area contributed by atoms with Crippen LogP contribution in [0.15, 0.2) is 30.5 Å². The Kier molecular flexibility index (Phi) is 4.37. The summed E-state index contributed by atoms with van der Waals surface area (Å²) in [5, 5.41) is 16.8. The molecule has 25 heavy (non-hydrogen) atoms. The molecule has 1 saturated heterocycles. The van der Waals surface area contributed by atoms with Crippen molar-refractivity contribution in [3.05, 3.63) is 41.7 Å². The van der Waals surface area contributed by atoms with Crippen LogP contribution >= 0.6 is 0 Å². The van der Waals surface area contributed by atoms with Crippen molar-refractivity contribution < 1.29 is 19.4 Å². The zero-order valence-electron chi connectivity index (χ0n) is 13.7. The number of nitrogens with zero attached hydrogens (tertiary/aromatic N) is 4. The largest absolute Gasteiger partial charge is 0.482 e. The van der Waals surface area contributed by atoms with Crippen LogP contribution in [-0.4, -0.2) is 56.8 Å². The lowest BCUT2D eigenvalue weighted by Gasteiger charge is -2.41. The summed E-state index contributed by atoms with van der Waals surface area (Å²) in [6.45, 7) is 2.91. The van der Waals surface area contributed by atoms with Crippen LogP contribution in [0.4, 0.5) is 0 Å². The summed E-state index contributed by atoms with van der Waals surface area (Å²) in [5.41, 5.74) is 2.21. The number of rotatable bonds is 5. The first-order valence-corrected chi connectivity index (χ1v) is 8.35. The molecule has 1 fully saturated rings. The van der Waals surface area contributed by atoms with Crippen molar-refractivity contribution in [1.29, 1.82) is 0 Å². The predicted molar refractivity (Wildman–Crippen MR) is 87.1 cm³/mol. The van der Waals surface area contributed by atoms with E-state index in [0.29, 0.717) is 12.4 Å². The SMILES string of the molecule is O=C(O)COc1ccc(CN2CC[C@H]3[C@H](C2)OCc2cnnn23)cc1. The minimum absolute atomic E-state index is 0.140. The number of carbonyl (C=O) groups is 1. The van der Waals surface area contributed by atoms with Crippen LogP contribution in [-0.2, 0) is 22.7 Å². The Bertz CT molecular complexity index is 745. The second-order valence-electron chi connectivity index (χ2n) is 6.44. The van der Waals surface area contributed by atoms with Crippen LogP contribution in [0.25, 0.3) is 0 Å². The highest BCUT2D eigenvalue weighted by atomic mass is 16.5. The quantitative estimate of drug-likeness (QED) is 0.868. The summed E-state index contributed by atoms with van der Waals surface area (Å²) in [6.07, 6.45) is 2.90. The van der Waals surface area contributed by atoms with Crippen molar-refractivity contribution in [2.45, 2.75) is 31.7 Å². The van der Waals surface area contributed by atoms with Crippen LogP contribution in [0.5, 0.6) is 5.75 Å².